The maximum atomic E-state index is 6.45. The molecule has 0 aliphatic rings. The van der Waals surface area contributed by atoms with Gasteiger partial charge in [0.2, 0.25) is 0 Å². The van der Waals surface area contributed by atoms with Gasteiger partial charge in [-0.2, -0.15) is 0 Å². The van der Waals surface area contributed by atoms with Gasteiger partial charge >= 0.3 is 0 Å². The van der Waals surface area contributed by atoms with Crippen molar-refractivity contribution in [1.82, 2.24) is 9.97 Å². The Hall–Kier alpha value is -3.34. The van der Waals surface area contributed by atoms with Gasteiger partial charge < -0.3 is 9.47 Å². The summed E-state index contributed by atoms with van der Waals surface area (Å²) in [5.74, 6) is 0. The number of hydrogen-bond acceptors (Lipinski definition) is 4. The third kappa shape index (κ3) is 7.37. The second-order valence-corrected chi connectivity index (χ2v) is 12.0. The van der Waals surface area contributed by atoms with E-state index in [1.54, 1.807) is 0 Å². The number of pyridine rings is 2. The van der Waals surface area contributed by atoms with Crippen molar-refractivity contribution in [2.45, 2.75) is 67.0 Å². The molecule has 0 saturated heterocycles. The predicted octanol–water partition coefficient (Wildman–Crippen LogP) is 8.75. The first-order valence-electron chi connectivity index (χ1n) is 13.4. The molecular weight excluding hydrogens is 468 g/mol. The predicted molar refractivity (Wildman–Crippen MR) is 154 cm³/mol. The monoisotopic (exact) mass is 508 g/mol. The Kier molecular flexibility index (Phi) is 8.76. The van der Waals surface area contributed by atoms with Gasteiger partial charge in [0.15, 0.2) is 0 Å². The Bertz CT molecular complexity index is 1190. The molecule has 198 valence electrons. The fourth-order valence-electron chi connectivity index (χ4n) is 4.55. The molecule has 4 rings (SSSR count). The summed E-state index contributed by atoms with van der Waals surface area (Å²) in [5.41, 5.74) is 5.52. The molecule has 38 heavy (non-hydrogen) atoms. The van der Waals surface area contributed by atoms with Crippen LogP contribution in [0.3, 0.4) is 0 Å². The SMILES string of the molecule is CC(C)(C)[C@@H](OCc1ccccc1)c1cccc(-c2cccc([C@H](OCc3ccccc3)C(C)(C)C)n2)n1. The van der Waals surface area contributed by atoms with Crippen molar-refractivity contribution >= 4 is 0 Å². The molecule has 2 aromatic heterocycles. The number of rotatable bonds is 9. The Morgan fingerprint density at radius 1 is 0.500 bits per heavy atom. The van der Waals surface area contributed by atoms with E-state index in [4.69, 9.17) is 19.4 Å². The lowest BCUT2D eigenvalue weighted by atomic mass is 9.86. The van der Waals surface area contributed by atoms with Crippen LogP contribution in [-0.4, -0.2) is 9.97 Å². The van der Waals surface area contributed by atoms with E-state index in [0.29, 0.717) is 13.2 Å². The highest BCUT2D eigenvalue weighted by Gasteiger charge is 2.30. The number of nitrogens with zero attached hydrogens (tertiary/aromatic N) is 2. The van der Waals surface area contributed by atoms with E-state index in [2.05, 4.69) is 77.9 Å². The molecule has 0 unspecified atom stereocenters. The van der Waals surface area contributed by atoms with E-state index >= 15 is 0 Å². The molecule has 0 radical (unpaired) electrons. The molecule has 4 aromatic rings. The van der Waals surface area contributed by atoms with Crippen LogP contribution in [-0.2, 0) is 22.7 Å². The summed E-state index contributed by atoms with van der Waals surface area (Å²) in [5, 5.41) is 0. The van der Waals surface area contributed by atoms with Gasteiger partial charge in [0.05, 0.1) is 36.0 Å². The lowest BCUT2D eigenvalue weighted by molar-refractivity contribution is -0.0332. The maximum absolute atomic E-state index is 6.45. The van der Waals surface area contributed by atoms with Crippen molar-refractivity contribution in [3.05, 3.63) is 120 Å². The average molecular weight is 509 g/mol. The number of hydrogen-bond donors (Lipinski definition) is 0. The molecule has 4 heteroatoms. The van der Waals surface area contributed by atoms with Crippen molar-refractivity contribution in [1.29, 1.82) is 0 Å². The summed E-state index contributed by atoms with van der Waals surface area (Å²) in [6.45, 7) is 14.2. The van der Waals surface area contributed by atoms with Crippen molar-refractivity contribution < 1.29 is 9.47 Å². The van der Waals surface area contributed by atoms with Crippen LogP contribution in [0.5, 0.6) is 0 Å². The van der Waals surface area contributed by atoms with Gasteiger partial charge in [0.25, 0.3) is 0 Å². The summed E-state index contributed by atoms with van der Waals surface area (Å²) in [7, 11) is 0. The lowest BCUT2D eigenvalue weighted by Gasteiger charge is -2.31. The van der Waals surface area contributed by atoms with Crippen LogP contribution in [0, 0.1) is 10.8 Å². The van der Waals surface area contributed by atoms with Crippen LogP contribution in [0.15, 0.2) is 97.1 Å². The normalized spacial score (nSPS) is 13.7. The summed E-state index contributed by atoms with van der Waals surface area (Å²) < 4.78 is 12.9. The number of benzene rings is 2. The molecule has 0 N–H and O–H groups in total. The minimum Gasteiger partial charge on any atom is -0.367 e. The first kappa shape index (κ1) is 27.7. The van der Waals surface area contributed by atoms with E-state index in [9.17, 15) is 0 Å². The van der Waals surface area contributed by atoms with Crippen LogP contribution in [0.1, 0.15) is 76.3 Å². The van der Waals surface area contributed by atoms with Crippen LogP contribution in [0.2, 0.25) is 0 Å². The van der Waals surface area contributed by atoms with Crippen LogP contribution in [0.4, 0.5) is 0 Å². The van der Waals surface area contributed by atoms with Gasteiger partial charge in [-0.3, -0.25) is 0 Å². The van der Waals surface area contributed by atoms with Crippen LogP contribution < -0.4 is 0 Å². The first-order chi connectivity index (χ1) is 18.1. The summed E-state index contributed by atoms with van der Waals surface area (Å²) >= 11 is 0. The topological polar surface area (TPSA) is 44.2 Å². The highest BCUT2D eigenvalue weighted by atomic mass is 16.5. The van der Waals surface area contributed by atoms with Crippen molar-refractivity contribution in [2.75, 3.05) is 0 Å². The summed E-state index contributed by atoms with van der Waals surface area (Å²) in [4.78, 5) is 10.1. The fourth-order valence-corrected chi connectivity index (χ4v) is 4.55. The van der Waals surface area contributed by atoms with E-state index < -0.39 is 0 Å². The zero-order chi connectivity index (χ0) is 27.2. The van der Waals surface area contributed by atoms with Gasteiger partial charge in [-0.05, 0) is 46.2 Å². The van der Waals surface area contributed by atoms with Gasteiger partial charge in [0.1, 0.15) is 12.2 Å². The molecule has 0 aliphatic heterocycles. The Balaban J connectivity index is 1.59. The molecule has 4 nitrogen and oxygen atoms in total. The molecule has 0 bridgehead atoms. The van der Waals surface area contributed by atoms with E-state index in [1.165, 1.54) is 0 Å². The summed E-state index contributed by atoms with van der Waals surface area (Å²) in [6, 6.07) is 32.8. The minimum absolute atomic E-state index is 0.127. The Morgan fingerprint density at radius 3 is 1.21 bits per heavy atom. The van der Waals surface area contributed by atoms with Crippen LogP contribution in [0.25, 0.3) is 11.4 Å². The zero-order valence-corrected chi connectivity index (χ0v) is 23.5. The maximum Gasteiger partial charge on any atom is 0.105 e. The summed E-state index contributed by atoms with van der Waals surface area (Å²) in [6.07, 6.45) is -0.329. The fraction of sp³-hybridized carbons (Fsp3) is 0.353. The molecule has 0 fully saturated rings. The van der Waals surface area contributed by atoms with E-state index in [1.807, 2.05) is 60.7 Å². The van der Waals surface area contributed by atoms with Gasteiger partial charge in [0, 0.05) is 0 Å². The molecule has 0 saturated carbocycles. The Labute approximate surface area is 228 Å². The zero-order valence-electron chi connectivity index (χ0n) is 23.5. The van der Waals surface area contributed by atoms with Gasteiger partial charge in [-0.25, -0.2) is 9.97 Å². The smallest absolute Gasteiger partial charge is 0.105 e. The Morgan fingerprint density at radius 2 is 0.868 bits per heavy atom. The van der Waals surface area contributed by atoms with Crippen LogP contribution >= 0.6 is 0 Å². The molecule has 2 atom stereocenters. The first-order valence-corrected chi connectivity index (χ1v) is 13.4. The number of ether oxygens (including phenoxy) is 2. The van der Waals surface area contributed by atoms with E-state index in [0.717, 1.165) is 33.9 Å². The molecule has 0 aliphatic carbocycles. The standard InChI is InChI=1S/C34H40N2O2/c1-33(2,3)31(37-23-25-15-9-7-10-16-25)29-21-13-19-27(35-29)28-20-14-22-30(36-28)32(34(4,5)6)38-24-26-17-11-8-12-18-26/h7-22,31-32H,23-24H2,1-6H3/t31-,32-/m0/s1. The number of aromatic nitrogens is 2. The highest BCUT2D eigenvalue weighted by molar-refractivity contribution is 5.54. The third-order valence-corrected chi connectivity index (χ3v) is 6.43. The van der Waals surface area contributed by atoms with Gasteiger partial charge in [-0.15, -0.1) is 0 Å². The van der Waals surface area contributed by atoms with Crippen molar-refractivity contribution in [3.8, 4) is 11.4 Å². The van der Waals surface area contributed by atoms with E-state index in [-0.39, 0.29) is 23.0 Å². The van der Waals surface area contributed by atoms with Crippen molar-refractivity contribution in [3.63, 3.8) is 0 Å². The quantitative estimate of drug-likeness (QED) is 0.227. The second-order valence-electron chi connectivity index (χ2n) is 12.0. The molecule has 0 amide bonds. The van der Waals surface area contributed by atoms with Gasteiger partial charge in [-0.1, -0.05) is 114 Å². The second kappa shape index (κ2) is 12.0. The molecule has 0 spiro atoms. The average Bonchev–Trinajstić information content (AvgIpc) is 2.89. The minimum atomic E-state index is -0.164. The molecule has 2 heterocycles. The lowest BCUT2D eigenvalue weighted by Crippen LogP contribution is -2.23. The third-order valence-electron chi connectivity index (χ3n) is 6.43. The molecule has 2 aromatic carbocycles. The molecular formula is C34H40N2O2. The largest absolute Gasteiger partial charge is 0.367 e. The van der Waals surface area contributed by atoms with Crippen molar-refractivity contribution in [2.24, 2.45) is 10.8 Å². The highest BCUT2D eigenvalue weighted by Crippen LogP contribution is 2.38.